The molecule has 0 aromatic heterocycles. The van der Waals surface area contributed by atoms with E-state index in [4.69, 9.17) is 39.5 Å². The van der Waals surface area contributed by atoms with E-state index in [0.29, 0.717) is 33.8 Å². The molecule has 1 aliphatic carbocycles. The third kappa shape index (κ3) is 3.31. The van der Waals surface area contributed by atoms with Crippen LogP contribution in [0.4, 0.5) is 0 Å². The molecule has 2 nitrogen and oxygen atoms in total. The summed E-state index contributed by atoms with van der Waals surface area (Å²) in [6.07, 6.45) is 2.49. The van der Waals surface area contributed by atoms with Gasteiger partial charge >= 0.3 is 0 Å². The number of halogens is 3. The predicted molar refractivity (Wildman–Crippen MR) is 76.7 cm³/mol. The second kappa shape index (κ2) is 6.44. The molecule has 0 atom stereocenters. The largest absolute Gasteiger partial charge is 0.378 e. The third-order valence-electron chi connectivity index (χ3n) is 3.20. The summed E-state index contributed by atoms with van der Waals surface area (Å²) in [4.78, 5) is 0. The minimum Gasteiger partial charge on any atom is -0.378 e. The summed E-state index contributed by atoms with van der Waals surface area (Å²) >= 11 is 18.2. The molecule has 0 saturated heterocycles. The first-order chi connectivity index (χ1) is 8.61. The summed E-state index contributed by atoms with van der Waals surface area (Å²) in [5, 5.41) is 5.16. The van der Waals surface area contributed by atoms with Crippen molar-refractivity contribution in [3.8, 4) is 0 Å². The van der Waals surface area contributed by atoms with Gasteiger partial charge in [0.1, 0.15) is 0 Å². The van der Waals surface area contributed by atoms with Crippen LogP contribution < -0.4 is 5.32 Å². The van der Waals surface area contributed by atoms with Crippen LogP contribution in [0.25, 0.3) is 0 Å². The van der Waals surface area contributed by atoms with Crippen LogP contribution in [0.1, 0.15) is 25.3 Å². The lowest BCUT2D eigenvalue weighted by Crippen LogP contribution is -2.45. The van der Waals surface area contributed by atoms with Gasteiger partial charge in [-0.3, -0.25) is 0 Å². The summed E-state index contributed by atoms with van der Waals surface area (Å²) < 4.78 is 5.51. The first-order valence-electron chi connectivity index (χ1n) is 6.09. The molecule has 1 N–H and O–H groups in total. The van der Waals surface area contributed by atoms with Crippen LogP contribution in [0.3, 0.4) is 0 Å². The standard InChI is InChI=1S/C13H16Cl3NO/c1-2-18-9-5-8(6-9)17-7-10-11(14)3-4-12(15)13(10)16/h3-4,8-9,17H,2,5-7H2,1H3. The van der Waals surface area contributed by atoms with Crippen LogP contribution in [0.15, 0.2) is 12.1 Å². The normalized spacial score (nSPS) is 22.9. The number of nitrogens with one attached hydrogen (secondary N) is 1. The molecule has 0 heterocycles. The fraction of sp³-hybridized carbons (Fsp3) is 0.538. The van der Waals surface area contributed by atoms with Gasteiger partial charge < -0.3 is 10.1 Å². The number of hydrogen-bond acceptors (Lipinski definition) is 2. The molecule has 2 rings (SSSR count). The molecule has 0 radical (unpaired) electrons. The smallest absolute Gasteiger partial charge is 0.0652 e. The van der Waals surface area contributed by atoms with E-state index < -0.39 is 0 Å². The molecule has 18 heavy (non-hydrogen) atoms. The molecular weight excluding hydrogens is 293 g/mol. The molecule has 5 heteroatoms. The highest BCUT2D eigenvalue weighted by Crippen LogP contribution is 2.32. The second-order valence-electron chi connectivity index (χ2n) is 4.45. The lowest BCUT2D eigenvalue weighted by molar-refractivity contribution is -0.0102. The highest BCUT2D eigenvalue weighted by Gasteiger charge is 2.29. The van der Waals surface area contributed by atoms with Crippen LogP contribution in [-0.4, -0.2) is 18.8 Å². The minimum absolute atomic E-state index is 0.401. The van der Waals surface area contributed by atoms with Crippen molar-refractivity contribution in [2.75, 3.05) is 6.61 Å². The van der Waals surface area contributed by atoms with Crippen LogP contribution in [0, 0.1) is 0 Å². The van der Waals surface area contributed by atoms with Gasteiger partial charge in [-0.1, -0.05) is 34.8 Å². The summed E-state index contributed by atoms with van der Waals surface area (Å²) in [7, 11) is 0. The highest BCUT2D eigenvalue weighted by molar-refractivity contribution is 6.44. The van der Waals surface area contributed by atoms with E-state index in [9.17, 15) is 0 Å². The molecule has 1 aromatic rings. The van der Waals surface area contributed by atoms with Crippen LogP contribution in [0.2, 0.25) is 15.1 Å². The SMILES string of the molecule is CCOC1CC(NCc2c(Cl)ccc(Cl)c2Cl)C1. The van der Waals surface area contributed by atoms with Gasteiger partial charge in [-0.2, -0.15) is 0 Å². The van der Waals surface area contributed by atoms with E-state index in [1.165, 1.54) is 0 Å². The number of ether oxygens (including phenoxy) is 1. The minimum atomic E-state index is 0.401. The van der Waals surface area contributed by atoms with Crippen molar-refractivity contribution < 1.29 is 4.74 Å². The maximum absolute atomic E-state index is 6.14. The van der Waals surface area contributed by atoms with Gasteiger partial charge in [-0.25, -0.2) is 0 Å². The van der Waals surface area contributed by atoms with Crippen molar-refractivity contribution >= 4 is 34.8 Å². The monoisotopic (exact) mass is 307 g/mol. The molecule has 1 aromatic carbocycles. The van der Waals surface area contributed by atoms with Crippen molar-refractivity contribution in [1.82, 2.24) is 5.32 Å². The van der Waals surface area contributed by atoms with E-state index in [0.717, 1.165) is 25.0 Å². The molecule has 0 aliphatic heterocycles. The summed E-state index contributed by atoms with van der Waals surface area (Å²) in [6.45, 7) is 3.44. The fourth-order valence-electron chi connectivity index (χ4n) is 2.08. The highest BCUT2D eigenvalue weighted by atomic mass is 35.5. The van der Waals surface area contributed by atoms with Gasteiger partial charge in [0, 0.05) is 29.8 Å². The molecule has 0 amide bonds. The molecular formula is C13H16Cl3NO. The van der Waals surface area contributed by atoms with Crippen molar-refractivity contribution in [2.45, 2.75) is 38.5 Å². The van der Waals surface area contributed by atoms with E-state index in [1.54, 1.807) is 12.1 Å². The van der Waals surface area contributed by atoms with Gasteiger partial charge in [-0.05, 0) is 31.9 Å². The average molecular weight is 309 g/mol. The molecule has 1 saturated carbocycles. The quantitative estimate of drug-likeness (QED) is 0.819. The van der Waals surface area contributed by atoms with E-state index in [2.05, 4.69) is 5.32 Å². The molecule has 0 bridgehead atoms. The van der Waals surface area contributed by atoms with Crippen molar-refractivity contribution in [1.29, 1.82) is 0 Å². The predicted octanol–water partition coefficient (Wildman–Crippen LogP) is 4.30. The maximum atomic E-state index is 6.14. The Labute approximate surface area is 123 Å². The Hall–Kier alpha value is 0.01000. The van der Waals surface area contributed by atoms with Crippen molar-refractivity contribution in [3.05, 3.63) is 32.8 Å². The number of rotatable bonds is 5. The lowest BCUT2D eigenvalue weighted by Gasteiger charge is -2.35. The molecule has 1 fully saturated rings. The van der Waals surface area contributed by atoms with Crippen LogP contribution >= 0.6 is 34.8 Å². The number of hydrogen-bond donors (Lipinski definition) is 1. The van der Waals surface area contributed by atoms with E-state index in [-0.39, 0.29) is 0 Å². The van der Waals surface area contributed by atoms with Crippen LogP contribution in [0.5, 0.6) is 0 Å². The Morgan fingerprint density at radius 2 is 1.89 bits per heavy atom. The van der Waals surface area contributed by atoms with Gasteiger partial charge in [0.2, 0.25) is 0 Å². The zero-order chi connectivity index (χ0) is 13.1. The second-order valence-corrected chi connectivity index (χ2v) is 5.64. The molecule has 100 valence electrons. The maximum Gasteiger partial charge on any atom is 0.0652 e. The Bertz CT molecular complexity index is 419. The first kappa shape index (κ1) is 14.4. The van der Waals surface area contributed by atoms with E-state index >= 15 is 0 Å². The van der Waals surface area contributed by atoms with Crippen molar-refractivity contribution in [2.24, 2.45) is 0 Å². The Kier molecular flexibility index (Phi) is 5.16. The summed E-state index contributed by atoms with van der Waals surface area (Å²) in [5.41, 5.74) is 0.866. The molecule has 0 spiro atoms. The average Bonchev–Trinajstić information content (AvgIpc) is 2.30. The molecule has 1 aliphatic rings. The van der Waals surface area contributed by atoms with Gasteiger partial charge in [0.25, 0.3) is 0 Å². The topological polar surface area (TPSA) is 21.3 Å². The third-order valence-corrected chi connectivity index (χ3v) is 4.40. The van der Waals surface area contributed by atoms with Gasteiger partial charge in [-0.15, -0.1) is 0 Å². The summed E-state index contributed by atoms with van der Waals surface area (Å²) in [6, 6.07) is 3.97. The fourth-order valence-corrected chi connectivity index (χ4v) is 2.76. The van der Waals surface area contributed by atoms with Crippen LogP contribution in [-0.2, 0) is 11.3 Å². The Morgan fingerprint density at radius 1 is 1.22 bits per heavy atom. The number of benzene rings is 1. The zero-order valence-electron chi connectivity index (χ0n) is 10.2. The van der Waals surface area contributed by atoms with E-state index in [1.807, 2.05) is 6.92 Å². The first-order valence-corrected chi connectivity index (χ1v) is 7.22. The Morgan fingerprint density at radius 3 is 2.56 bits per heavy atom. The van der Waals surface area contributed by atoms with Crippen molar-refractivity contribution in [3.63, 3.8) is 0 Å². The summed E-state index contributed by atoms with van der Waals surface area (Å²) in [5.74, 6) is 0. The lowest BCUT2D eigenvalue weighted by atomic mass is 9.89. The van der Waals surface area contributed by atoms with Gasteiger partial charge in [0.15, 0.2) is 0 Å². The zero-order valence-corrected chi connectivity index (χ0v) is 12.4. The Balaban J connectivity index is 1.86. The van der Waals surface area contributed by atoms with Gasteiger partial charge in [0.05, 0.1) is 16.1 Å². The molecule has 0 unspecified atom stereocenters.